The fraction of sp³-hybridized carbons (Fsp3) is 0.192. The third-order valence-electron chi connectivity index (χ3n) is 4.51. The first-order valence-corrected chi connectivity index (χ1v) is 10.9. The largest absolute Gasteiger partial charge is 0.494 e. The molecular formula is C26H27N3O5. The zero-order chi connectivity index (χ0) is 24.2. The van der Waals surface area contributed by atoms with Crippen LogP contribution in [0, 0.1) is 0 Å². The van der Waals surface area contributed by atoms with Gasteiger partial charge in [-0.25, -0.2) is 5.43 Å². The van der Waals surface area contributed by atoms with Gasteiger partial charge >= 0.3 is 11.8 Å². The number of carbonyl (C=O) groups excluding carboxylic acids is 2. The highest BCUT2D eigenvalue weighted by Crippen LogP contribution is 2.29. The van der Waals surface area contributed by atoms with Crippen molar-refractivity contribution in [3.05, 3.63) is 83.9 Å². The average Bonchev–Trinajstić information content (AvgIpc) is 2.85. The Hall–Kier alpha value is -4.33. The molecule has 0 heterocycles. The van der Waals surface area contributed by atoms with Crippen molar-refractivity contribution in [2.75, 3.05) is 18.5 Å². The molecule has 0 atom stereocenters. The van der Waals surface area contributed by atoms with Gasteiger partial charge in [0.05, 0.1) is 19.4 Å². The van der Waals surface area contributed by atoms with Crippen molar-refractivity contribution >= 4 is 23.7 Å². The van der Waals surface area contributed by atoms with Crippen molar-refractivity contribution < 1.29 is 23.8 Å². The van der Waals surface area contributed by atoms with Crippen LogP contribution in [-0.2, 0) is 16.2 Å². The fourth-order valence-corrected chi connectivity index (χ4v) is 2.93. The Bertz CT molecular complexity index is 1120. The number of nitrogens with zero attached hydrogens (tertiary/aromatic N) is 1. The molecule has 0 aliphatic carbocycles. The molecular weight excluding hydrogens is 434 g/mol. The van der Waals surface area contributed by atoms with E-state index in [4.69, 9.17) is 14.2 Å². The van der Waals surface area contributed by atoms with Gasteiger partial charge in [-0.3, -0.25) is 9.59 Å². The van der Waals surface area contributed by atoms with Crippen molar-refractivity contribution in [3.8, 4) is 17.2 Å². The van der Waals surface area contributed by atoms with E-state index in [2.05, 4.69) is 15.8 Å². The molecule has 0 saturated carbocycles. The minimum Gasteiger partial charge on any atom is -0.494 e. The molecule has 3 aromatic carbocycles. The third kappa shape index (κ3) is 7.37. The Kier molecular flexibility index (Phi) is 9.04. The number of hydrogen-bond acceptors (Lipinski definition) is 6. The Labute approximate surface area is 198 Å². The molecule has 8 heteroatoms. The first-order chi connectivity index (χ1) is 16.6. The van der Waals surface area contributed by atoms with Gasteiger partial charge in [0.15, 0.2) is 11.5 Å². The molecule has 2 amide bonds. The molecule has 176 valence electrons. The summed E-state index contributed by atoms with van der Waals surface area (Å²) in [6.07, 6.45) is 1.42. The average molecular weight is 462 g/mol. The number of ether oxygens (including phenoxy) is 3. The van der Waals surface area contributed by atoms with Crippen molar-refractivity contribution in [1.82, 2.24) is 5.43 Å². The molecule has 0 unspecified atom stereocenters. The number of hydrazone groups is 1. The van der Waals surface area contributed by atoms with Gasteiger partial charge in [0.25, 0.3) is 0 Å². The van der Waals surface area contributed by atoms with Crippen molar-refractivity contribution in [3.63, 3.8) is 0 Å². The van der Waals surface area contributed by atoms with Gasteiger partial charge in [-0.05, 0) is 67.4 Å². The summed E-state index contributed by atoms with van der Waals surface area (Å²) in [6.45, 7) is 5.18. The Morgan fingerprint density at radius 1 is 0.824 bits per heavy atom. The number of amides is 2. The van der Waals surface area contributed by atoms with E-state index in [1.54, 1.807) is 42.5 Å². The summed E-state index contributed by atoms with van der Waals surface area (Å²) >= 11 is 0. The minimum absolute atomic E-state index is 0.411. The summed E-state index contributed by atoms with van der Waals surface area (Å²) in [4.78, 5) is 24.1. The van der Waals surface area contributed by atoms with Gasteiger partial charge in [0, 0.05) is 5.69 Å². The van der Waals surface area contributed by atoms with E-state index in [0.29, 0.717) is 48.3 Å². The molecule has 0 aliphatic heterocycles. The van der Waals surface area contributed by atoms with Crippen LogP contribution in [0.3, 0.4) is 0 Å². The van der Waals surface area contributed by atoms with Crippen LogP contribution >= 0.6 is 0 Å². The number of rotatable bonds is 10. The highest BCUT2D eigenvalue weighted by molar-refractivity contribution is 6.39. The predicted molar refractivity (Wildman–Crippen MR) is 130 cm³/mol. The van der Waals surface area contributed by atoms with Crippen LogP contribution in [-0.4, -0.2) is 31.2 Å². The van der Waals surface area contributed by atoms with Crippen LogP contribution in [0.15, 0.2) is 77.9 Å². The lowest BCUT2D eigenvalue weighted by atomic mass is 10.2. The van der Waals surface area contributed by atoms with E-state index in [9.17, 15) is 9.59 Å². The third-order valence-corrected chi connectivity index (χ3v) is 4.51. The van der Waals surface area contributed by atoms with Crippen molar-refractivity contribution in [2.24, 2.45) is 5.10 Å². The number of anilines is 1. The van der Waals surface area contributed by atoms with E-state index >= 15 is 0 Å². The summed E-state index contributed by atoms with van der Waals surface area (Å²) in [5.41, 5.74) is 4.40. The van der Waals surface area contributed by atoms with Gasteiger partial charge in [-0.2, -0.15) is 5.10 Å². The molecule has 0 spiro atoms. The minimum atomic E-state index is -0.891. The normalized spacial score (nSPS) is 10.5. The SMILES string of the molecule is CCOc1ccc(NC(=O)C(=O)NN=Cc2ccc(OCc3ccccc3)c(OCC)c2)cc1. The number of benzene rings is 3. The molecule has 0 bridgehead atoms. The number of carbonyl (C=O) groups is 2. The second-order valence-electron chi connectivity index (χ2n) is 7.02. The fourth-order valence-electron chi connectivity index (χ4n) is 2.93. The molecule has 0 radical (unpaired) electrons. The van der Waals surface area contributed by atoms with Crippen molar-refractivity contribution in [1.29, 1.82) is 0 Å². The zero-order valence-electron chi connectivity index (χ0n) is 19.1. The molecule has 3 rings (SSSR count). The summed E-state index contributed by atoms with van der Waals surface area (Å²) in [7, 11) is 0. The predicted octanol–water partition coefficient (Wildman–Crippen LogP) is 4.15. The standard InChI is InChI=1S/C26H27N3O5/c1-3-32-22-13-11-21(12-14-22)28-25(30)26(31)29-27-17-20-10-15-23(24(16-20)33-4-2)34-18-19-8-6-5-7-9-19/h5-17H,3-4,18H2,1-2H3,(H,28,30)(H,29,31). The van der Waals surface area contributed by atoms with E-state index < -0.39 is 11.8 Å². The summed E-state index contributed by atoms with van der Waals surface area (Å²) in [5.74, 6) is 0.111. The Morgan fingerprint density at radius 3 is 2.26 bits per heavy atom. The van der Waals surface area contributed by atoms with Gasteiger partial charge in [0.1, 0.15) is 12.4 Å². The molecule has 0 aliphatic rings. The van der Waals surface area contributed by atoms with Gasteiger partial charge in [-0.15, -0.1) is 0 Å². The Balaban J connectivity index is 1.55. The summed E-state index contributed by atoms with van der Waals surface area (Å²) in [6, 6.07) is 21.8. The first-order valence-electron chi connectivity index (χ1n) is 10.9. The molecule has 0 saturated heterocycles. The summed E-state index contributed by atoms with van der Waals surface area (Å²) in [5, 5.41) is 6.37. The summed E-state index contributed by atoms with van der Waals surface area (Å²) < 4.78 is 16.9. The molecule has 3 aromatic rings. The Morgan fingerprint density at radius 2 is 1.56 bits per heavy atom. The molecule has 2 N–H and O–H groups in total. The maximum Gasteiger partial charge on any atom is 0.329 e. The first kappa shape index (κ1) is 24.3. The number of nitrogens with one attached hydrogen (secondary N) is 2. The van der Waals surface area contributed by atoms with E-state index in [1.165, 1.54) is 6.21 Å². The van der Waals surface area contributed by atoms with Crippen LogP contribution in [0.5, 0.6) is 17.2 Å². The van der Waals surface area contributed by atoms with Gasteiger partial charge in [0.2, 0.25) is 0 Å². The molecule has 0 aromatic heterocycles. The van der Waals surface area contributed by atoms with Gasteiger partial charge in [-0.1, -0.05) is 30.3 Å². The van der Waals surface area contributed by atoms with Crippen LogP contribution < -0.4 is 25.0 Å². The maximum absolute atomic E-state index is 12.1. The highest BCUT2D eigenvalue weighted by Gasteiger charge is 2.13. The van der Waals surface area contributed by atoms with Crippen LogP contribution in [0.4, 0.5) is 5.69 Å². The van der Waals surface area contributed by atoms with Crippen LogP contribution in [0.25, 0.3) is 0 Å². The van der Waals surface area contributed by atoms with E-state index in [1.807, 2.05) is 44.2 Å². The lowest BCUT2D eigenvalue weighted by molar-refractivity contribution is -0.136. The van der Waals surface area contributed by atoms with Crippen LogP contribution in [0.2, 0.25) is 0 Å². The smallest absolute Gasteiger partial charge is 0.329 e. The molecule has 34 heavy (non-hydrogen) atoms. The maximum atomic E-state index is 12.1. The van der Waals surface area contributed by atoms with E-state index in [0.717, 1.165) is 5.56 Å². The lowest BCUT2D eigenvalue weighted by Crippen LogP contribution is -2.32. The lowest BCUT2D eigenvalue weighted by Gasteiger charge is -2.12. The molecule has 8 nitrogen and oxygen atoms in total. The zero-order valence-corrected chi connectivity index (χ0v) is 19.1. The second kappa shape index (κ2) is 12.6. The van der Waals surface area contributed by atoms with Crippen molar-refractivity contribution in [2.45, 2.75) is 20.5 Å². The second-order valence-corrected chi connectivity index (χ2v) is 7.02. The monoisotopic (exact) mass is 461 g/mol. The highest BCUT2D eigenvalue weighted by atomic mass is 16.5. The topological polar surface area (TPSA) is 98.2 Å². The molecule has 0 fully saturated rings. The number of hydrogen-bond donors (Lipinski definition) is 2. The van der Waals surface area contributed by atoms with Crippen LogP contribution in [0.1, 0.15) is 25.0 Å². The van der Waals surface area contributed by atoms with Gasteiger partial charge < -0.3 is 19.5 Å². The quantitative estimate of drug-likeness (QED) is 0.269. The van der Waals surface area contributed by atoms with E-state index in [-0.39, 0.29) is 0 Å².